The first kappa shape index (κ1) is 23.6. The first-order chi connectivity index (χ1) is 16.0. The summed E-state index contributed by atoms with van der Waals surface area (Å²) in [5.41, 5.74) is 1.77. The van der Waals surface area contributed by atoms with Crippen LogP contribution in [0.2, 0.25) is 0 Å². The number of thiophene rings is 1. The first-order valence-corrected chi connectivity index (χ1v) is 13.1. The number of nitrogens with zero attached hydrogens (tertiary/aromatic N) is 2. The van der Waals surface area contributed by atoms with Gasteiger partial charge in [0, 0.05) is 43.4 Å². The van der Waals surface area contributed by atoms with Crippen molar-refractivity contribution in [3.05, 3.63) is 27.9 Å². The van der Waals surface area contributed by atoms with E-state index in [1.54, 1.807) is 11.3 Å². The van der Waals surface area contributed by atoms with Crippen LogP contribution in [0.15, 0.2) is 11.9 Å². The van der Waals surface area contributed by atoms with Crippen molar-refractivity contribution in [1.29, 1.82) is 5.26 Å². The van der Waals surface area contributed by atoms with E-state index in [2.05, 4.69) is 47.0 Å². The number of allylic oxidation sites excluding steroid dienone is 1. The van der Waals surface area contributed by atoms with Crippen molar-refractivity contribution in [3.63, 3.8) is 0 Å². The van der Waals surface area contributed by atoms with Gasteiger partial charge in [-0.2, -0.15) is 5.26 Å². The van der Waals surface area contributed by atoms with E-state index in [0.29, 0.717) is 24.3 Å². The van der Waals surface area contributed by atoms with Crippen LogP contribution in [0.5, 0.6) is 0 Å². The topological polar surface area (TPSA) is 97.3 Å². The molecule has 0 saturated heterocycles. The second-order valence-electron chi connectivity index (χ2n) is 9.45. The third-order valence-electron chi connectivity index (χ3n) is 6.77. The summed E-state index contributed by atoms with van der Waals surface area (Å²) in [6.45, 7) is 3.60. The zero-order chi connectivity index (χ0) is 23.4. The van der Waals surface area contributed by atoms with Gasteiger partial charge in [-0.15, -0.1) is 11.3 Å². The molecule has 4 rings (SSSR count). The fourth-order valence-corrected chi connectivity index (χ4v) is 5.67. The molecule has 178 valence electrons. The molecule has 3 N–H and O–H groups in total. The molecule has 0 bridgehead atoms. The summed E-state index contributed by atoms with van der Waals surface area (Å²) in [5.74, 6) is 1.75. The Morgan fingerprint density at radius 3 is 2.67 bits per heavy atom. The van der Waals surface area contributed by atoms with Crippen LogP contribution in [-0.2, 0) is 17.6 Å². The van der Waals surface area contributed by atoms with Crippen molar-refractivity contribution in [1.82, 2.24) is 15.5 Å². The average molecular weight is 470 g/mol. The summed E-state index contributed by atoms with van der Waals surface area (Å²) in [6, 6.07) is 2.45. The van der Waals surface area contributed by atoms with Crippen LogP contribution in [0.4, 0.5) is 5.00 Å². The maximum atomic E-state index is 13.3. The molecular formula is C25H35N5O2S. The molecule has 1 heterocycles. The van der Waals surface area contributed by atoms with Crippen molar-refractivity contribution in [2.45, 2.75) is 70.8 Å². The molecule has 1 atom stereocenters. The molecule has 2 amide bonds. The van der Waals surface area contributed by atoms with Crippen LogP contribution in [-0.4, -0.2) is 42.9 Å². The van der Waals surface area contributed by atoms with Crippen molar-refractivity contribution in [3.8, 4) is 6.07 Å². The molecule has 0 spiro atoms. The van der Waals surface area contributed by atoms with E-state index in [1.165, 1.54) is 17.7 Å². The van der Waals surface area contributed by atoms with Gasteiger partial charge in [0.1, 0.15) is 5.00 Å². The second-order valence-corrected chi connectivity index (χ2v) is 10.6. The zero-order valence-electron chi connectivity index (χ0n) is 19.7. The number of carbonyl (C=O) groups excluding carboxylic acids is 2. The van der Waals surface area contributed by atoms with Crippen molar-refractivity contribution in [2.75, 3.05) is 25.5 Å². The van der Waals surface area contributed by atoms with Crippen molar-refractivity contribution >= 4 is 28.2 Å². The number of hydrogen-bond acceptors (Lipinski definition) is 6. The van der Waals surface area contributed by atoms with Crippen molar-refractivity contribution in [2.24, 2.45) is 11.8 Å². The van der Waals surface area contributed by atoms with Crippen LogP contribution < -0.4 is 16.0 Å². The smallest absolute Gasteiger partial charge is 0.254 e. The van der Waals surface area contributed by atoms with E-state index in [0.717, 1.165) is 61.6 Å². The van der Waals surface area contributed by atoms with Gasteiger partial charge in [-0.1, -0.05) is 0 Å². The van der Waals surface area contributed by atoms with E-state index in [4.69, 9.17) is 5.26 Å². The summed E-state index contributed by atoms with van der Waals surface area (Å²) >= 11 is 1.59. The predicted octanol–water partition coefficient (Wildman–Crippen LogP) is 3.78. The Bertz CT molecular complexity index is 955. The Balaban J connectivity index is 1.55. The third-order valence-corrected chi connectivity index (χ3v) is 7.98. The number of hydrogen-bond donors (Lipinski definition) is 3. The van der Waals surface area contributed by atoms with Gasteiger partial charge in [0.15, 0.2) is 0 Å². The highest BCUT2D eigenvalue weighted by molar-refractivity contribution is 7.17. The minimum Gasteiger partial charge on any atom is -0.372 e. The molecule has 0 aliphatic heterocycles. The Hall–Kier alpha value is -2.53. The van der Waals surface area contributed by atoms with Gasteiger partial charge in [0.2, 0.25) is 5.91 Å². The molecule has 1 aromatic rings. The van der Waals surface area contributed by atoms with E-state index < -0.39 is 0 Å². The van der Waals surface area contributed by atoms with E-state index >= 15 is 0 Å². The van der Waals surface area contributed by atoms with Gasteiger partial charge in [-0.3, -0.25) is 9.59 Å². The quantitative estimate of drug-likeness (QED) is 0.429. The number of nitrogens with one attached hydrogen (secondary N) is 3. The van der Waals surface area contributed by atoms with E-state index in [1.807, 2.05) is 0 Å². The number of carbonyl (C=O) groups is 2. The lowest BCUT2D eigenvalue weighted by molar-refractivity contribution is -0.117. The molecule has 1 aromatic heterocycles. The number of anilines is 1. The SMILES string of the molecule is CCNC(=CCCC#N)N(C)[C@H]1CCc2sc(NC(=O)C3CC3)c(C(=O)NCC3CC3)c2C1. The molecule has 8 heteroatoms. The summed E-state index contributed by atoms with van der Waals surface area (Å²) in [6.07, 6.45) is 10.2. The number of nitriles is 1. The number of aryl methyl sites for hydroxylation is 1. The molecule has 7 nitrogen and oxygen atoms in total. The van der Waals surface area contributed by atoms with E-state index in [9.17, 15) is 9.59 Å². The maximum Gasteiger partial charge on any atom is 0.254 e. The number of rotatable bonds is 11. The van der Waals surface area contributed by atoms with Crippen LogP contribution in [0.1, 0.15) is 72.7 Å². The predicted molar refractivity (Wildman–Crippen MR) is 131 cm³/mol. The number of unbranched alkanes of at least 4 members (excludes halogenated alkanes) is 1. The average Bonchev–Trinajstić information content (AvgIpc) is 3.73. The molecule has 0 unspecified atom stereocenters. The molecule has 2 saturated carbocycles. The fraction of sp³-hybridized carbons (Fsp3) is 0.640. The molecule has 0 aromatic carbocycles. The summed E-state index contributed by atoms with van der Waals surface area (Å²) in [5, 5.41) is 19.3. The molecule has 33 heavy (non-hydrogen) atoms. The second kappa shape index (κ2) is 10.6. The normalized spacial score (nSPS) is 19.9. The Morgan fingerprint density at radius 1 is 1.21 bits per heavy atom. The third kappa shape index (κ3) is 5.89. The lowest BCUT2D eigenvalue weighted by Crippen LogP contribution is -2.40. The highest BCUT2D eigenvalue weighted by Crippen LogP contribution is 2.41. The minimum absolute atomic E-state index is 0.0494. The monoisotopic (exact) mass is 469 g/mol. The molecule has 0 radical (unpaired) electrons. The van der Waals surface area contributed by atoms with Gasteiger partial charge in [-0.05, 0) is 75.8 Å². The molecule has 3 aliphatic carbocycles. The maximum absolute atomic E-state index is 13.3. The minimum atomic E-state index is -0.0507. The Morgan fingerprint density at radius 2 is 2.00 bits per heavy atom. The number of likely N-dealkylation sites (N-methyl/N-ethyl adjacent to an activating group) is 1. The standard InChI is InChI=1S/C25H35N5O2S/c1-3-27-21(6-4-5-13-26)30(2)18-11-12-20-19(14-18)22(24(32)28-15-16-7-8-16)25(33-20)29-23(31)17-9-10-17/h6,16-18,27H,3-5,7-12,14-15H2,1-2H3,(H,28,32)(H,29,31)/t18-/m0/s1. The Labute approximate surface area is 200 Å². The van der Waals surface area contributed by atoms with Gasteiger partial charge in [-0.25, -0.2) is 0 Å². The van der Waals surface area contributed by atoms with Crippen molar-refractivity contribution < 1.29 is 9.59 Å². The van der Waals surface area contributed by atoms with Gasteiger partial charge in [0.25, 0.3) is 5.91 Å². The molecule has 3 aliphatic rings. The van der Waals surface area contributed by atoms with Crippen LogP contribution in [0.25, 0.3) is 0 Å². The van der Waals surface area contributed by atoms with Gasteiger partial charge in [0.05, 0.1) is 17.5 Å². The number of fused-ring (bicyclic) bond motifs is 1. The lowest BCUT2D eigenvalue weighted by Gasteiger charge is -2.35. The lowest BCUT2D eigenvalue weighted by atomic mass is 9.90. The first-order valence-electron chi connectivity index (χ1n) is 12.3. The molecule has 2 fully saturated rings. The highest BCUT2D eigenvalue weighted by Gasteiger charge is 2.35. The van der Waals surface area contributed by atoms with Gasteiger partial charge < -0.3 is 20.9 Å². The van der Waals surface area contributed by atoms with E-state index in [-0.39, 0.29) is 23.8 Å². The molecular weight excluding hydrogens is 434 g/mol. The van der Waals surface area contributed by atoms with Gasteiger partial charge >= 0.3 is 0 Å². The summed E-state index contributed by atoms with van der Waals surface area (Å²) < 4.78 is 0. The zero-order valence-corrected chi connectivity index (χ0v) is 20.5. The fourth-order valence-electron chi connectivity index (χ4n) is 4.42. The van der Waals surface area contributed by atoms with Crippen LogP contribution >= 0.6 is 11.3 Å². The largest absolute Gasteiger partial charge is 0.372 e. The number of amides is 2. The Kier molecular flexibility index (Phi) is 7.59. The van der Waals surface area contributed by atoms with Crippen LogP contribution in [0.3, 0.4) is 0 Å². The summed E-state index contributed by atoms with van der Waals surface area (Å²) in [7, 11) is 2.09. The van der Waals surface area contributed by atoms with Crippen LogP contribution in [0, 0.1) is 23.2 Å². The highest BCUT2D eigenvalue weighted by atomic mass is 32.1. The summed E-state index contributed by atoms with van der Waals surface area (Å²) in [4.78, 5) is 29.3.